The van der Waals surface area contributed by atoms with E-state index < -0.39 is 3.92 Å². The number of alkyl halides is 3. The summed E-state index contributed by atoms with van der Waals surface area (Å²) in [7, 11) is 0. The van der Waals surface area contributed by atoms with Crippen LogP contribution in [0, 0.1) is 0 Å². The summed E-state index contributed by atoms with van der Waals surface area (Å²) in [5, 5.41) is 0. The molecule has 31 valence electrons. The average molecular weight is 133 g/mol. The van der Waals surface area contributed by atoms with Crippen molar-refractivity contribution in [3.05, 3.63) is 0 Å². The molecule has 0 unspecified atom stereocenters. The van der Waals surface area contributed by atoms with E-state index in [2.05, 4.69) is 0 Å². The van der Waals surface area contributed by atoms with Crippen molar-refractivity contribution in [1.29, 1.82) is 0 Å². The van der Waals surface area contributed by atoms with Crippen LogP contribution in [0.3, 0.4) is 0 Å². The van der Waals surface area contributed by atoms with Gasteiger partial charge >= 0.3 is 0 Å². The molecule has 0 atom stereocenters. The Kier molecular flexibility index (Phi) is 1.77. The van der Waals surface area contributed by atoms with Gasteiger partial charge in [0, 0.05) is 0 Å². The molecule has 0 heterocycles. The van der Waals surface area contributed by atoms with E-state index in [0.29, 0.717) is 0 Å². The third kappa shape index (κ3) is 56.2. The monoisotopic (exact) mass is 132 g/mol. The minimum absolute atomic E-state index is 1.83. The summed E-state index contributed by atoms with van der Waals surface area (Å²) in [4.78, 5) is 0. The molecular weight excluding hydrogens is 132 g/mol. The SMILES string of the molecule is [NH]C(Cl)(Cl)Cl. The molecule has 1 N–H and O–H groups in total. The van der Waals surface area contributed by atoms with Crippen LogP contribution in [-0.2, 0) is 0 Å². The molecule has 0 saturated carbocycles. The zero-order valence-electron chi connectivity index (χ0n) is 2.13. The lowest BCUT2D eigenvalue weighted by molar-refractivity contribution is 1.12. The molecule has 4 heteroatoms. The summed E-state index contributed by atoms with van der Waals surface area (Å²) in [6.07, 6.45) is 0. The summed E-state index contributed by atoms with van der Waals surface area (Å²) < 4.78 is -1.83. The lowest BCUT2D eigenvalue weighted by Gasteiger charge is -1.93. The summed E-state index contributed by atoms with van der Waals surface area (Å²) in [5.74, 6) is 0. The normalized spacial score (nSPS) is 12.0. The van der Waals surface area contributed by atoms with E-state index in [0.717, 1.165) is 0 Å². The molecule has 0 aliphatic rings. The van der Waals surface area contributed by atoms with Crippen molar-refractivity contribution in [2.75, 3.05) is 0 Å². The van der Waals surface area contributed by atoms with Gasteiger partial charge in [-0.2, -0.15) is 0 Å². The average Bonchev–Trinajstić information content (AvgIpc) is 0.722. The maximum Gasteiger partial charge on any atom is 0.257 e. The lowest BCUT2D eigenvalue weighted by Crippen LogP contribution is -1.99. The van der Waals surface area contributed by atoms with Gasteiger partial charge in [0.05, 0.1) is 0 Å². The van der Waals surface area contributed by atoms with Gasteiger partial charge in [0.25, 0.3) is 3.92 Å². The summed E-state index contributed by atoms with van der Waals surface area (Å²) in [6.45, 7) is 0. The van der Waals surface area contributed by atoms with Gasteiger partial charge < -0.3 is 0 Å². The second-order valence-electron chi connectivity index (χ2n) is 0.498. The first-order valence-corrected chi connectivity index (χ1v) is 1.95. The maximum absolute atomic E-state index is 6.23. The highest BCUT2D eigenvalue weighted by molar-refractivity contribution is 6.66. The molecule has 0 saturated heterocycles. The largest absolute Gasteiger partial charge is 0.257 e. The summed E-state index contributed by atoms with van der Waals surface area (Å²) in [5.41, 5.74) is 6.23. The highest BCUT2D eigenvalue weighted by Crippen LogP contribution is 2.18. The number of halogens is 3. The van der Waals surface area contributed by atoms with Gasteiger partial charge in [0.1, 0.15) is 0 Å². The van der Waals surface area contributed by atoms with E-state index in [1.54, 1.807) is 0 Å². The van der Waals surface area contributed by atoms with Gasteiger partial charge in [-0.05, 0) is 0 Å². The third-order valence-electron chi connectivity index (χ3n) is 0. The molecule has 0 aromatic carbocycles. The number of hydrogen-bond donors (Lipinski definition) is 0. The van der Waals surface area contributed by atoms with E-state index in [4.69, 9.17) is 40.5 Å². The Hall–Kier alpha value is 0.830. The Morgan fingerprint density at radius 3 is 1.20 bits per heavy atom. The first-order chi connectivity index (χ1) is 2.00. The van der Waals surface area contributed by atoms with Crippen LogP contribution in [0.5, 0.6) is 0 Å². The van der Waals surface area contributed by atoms with Crippen molar-refractivity contribution < 1.29 is 0 Å². The van der Waals surface area contributed by atoms with Gasteiger partial charge in [0.2, 0.25) is 0 Å². The molecule has 0 rings (SSSR count). The van der Waals surface area contributed by atoms with Crippen LogP contribution in [0.1, 0.15) is 0 Å². The first kappa shape index (κ1) is 5.83. The standard InChI is InChI=1S/CHCl3N/c2-1(3,4)5/h5H. The topological polar surface area (TPSA) is 23.8 Å². The van der Waals surface area contributed by atoms with Crippen molar-refractivity contribution in [3.8, 4) is 0 Å². The third-order valence-corrected chi connectivity index (χ3v) is 0. The van der Waals surface area contributed by atoms with Crippen LogP contribution in [-0.4, -0.2) is 3.92 Å². The molecular formula is CHCl3N. The predicted octanol–water partition coefficient (Wildman–Crippen LogP) is 1.60. The quantitative estimate of drug-likeness (QED) is 0.354. The molecule has 0 fully saturated rings. The van der Waals surface area contributed by atoms with Gasteiger partial charge in [-0.3, -0.25) is 0 Å². The molecule has 0 bridgehead atoms. The maximum atomic E-state index is 6.23. The minimum Gasteiger partial charge on any atom is -0.207 e. The lowest BCUT2D eigenvalue weighted by atomic mass is 11.5. The van der Waals surface area contributed by atoms with Crippen LogP contribution in [0.2, 0.25) is 0 Å². The van der Waals surface area contributed by atoms with E-state index in [1.165, 1.54) is 0 Å². The van der Waals surface area contributed by atoms with E-state index in [-0.39, 0.29) is 0 Å². The molecule has 0 aliphatic heterocycles. The summed E-state index contributed by atoms with van der Waals surface area (Å²) >= 11 is 14.2. The van der Waals surface area contributed by atoms with Crippen LogP contribution >= 0.6 is 34.8 Å². The van der Waals surface area contributed by atoms with Crippen LogP contribution < -0.4 is 5.73 Å². The van der Waals surface area contributed by atoms with E-state index in [1.807, 2.05) is 0 Å². The van der Waals surface area contributed by atoms with E-state index >= 15 is 0 Å². The number of nitrogens with one attached hydrogen (secondary N) is 1. The minimum atomic E-state index is -1.83. The van der Waals surface area contributed by atoms with Crippen molar-refractivity contribution in [2.45, 2.75) is 3.92 Å². The zero-order valence-corrected chi connectivity index (χ0v) is 4.40. The Balaban J connectivity index is 3.02. The van der Waals surface area contributed by atoms with Gasteiger partial charge in [-0.15, -0.1) is 0 Å². The second kappa shape index (κ2) is 1.52. The Bertz CT molecular complexity index is 22.4. The van der Waals surface area contributed by atoms with Crippen LogP contribution in [0.15, 0.2) is 0 Å². The molecule has 0 aromatic rings. The van der Waals surface area contributed by atoms with Gasteiger partial charge in [-0.1, -0.05) is 34.8 Å². The Labute approximate surface area is 45.0 Å². The van der Waals surface area contributed by atoms with Crippen molar-refractivity contribution in [3.63, 3.8) is 0 Å². The van der Waals surface area contributed by atoms with Crippen molar-refractivity contribution in [2.24, 2.45) is 0 Å². The fourth-order valence-electron chi connectivity index (χ4n) is 0. The molecule has 0 aliphatic carbocycles. The zero-order chi connectivity index (χ0) is 4.50. The first-order valence-electron chi connectivity index (χ1n) is 0.817. The van der Waals surface area contributed by atoms with Crippen LogP contribution in [0.4, 0.5) is 0 Å². The van der Waals surface area contributed by atoms with Crippen molar-refractivity contribution >= 4 is 34.8 Å². The smallest absolute Gasteiger partial charge is 0.207 e. The molecule has 0 aromatic heterocycles. The predicted molar refractivity (Wildman–Crippen MR) is 23.4 cm³/mol. The second-order valence-corrected chi connectivity index (χ2v) is 2.78. The fourth-order valence-corrected chi connectivity index (χ4v) is 0. The Morgan fingerprint density at radius 2 is 1.20 bits per heavy atom. The number of hydrogen-bond acceptors (Lipinski definition) is 0. The van der Waals surface area contributed by atoms with Gasteiger partial charge in [0.15, 0.2) is 0 Å². The van der Waals surface area contributed by atoms with Crippen molar-refractivity contribution in [1.82, 2.24) is 5.73 Å². The van der Waals surface area contributed by atoms with E-state index in [9.17, 15) is 0 Å². The number of rotatable bonds is 0. The van der Waals surface area contributed by atoms with Crippen LogP contribution in [0.25, 0.3) is 0 Å². The summed E-state index contributed by atoms with van der Waals surface area (Å²) in [6, 6.07) is 0. The fraction of sp³-hybridized carbons (Fsp3) is 1.00. The molecule has 0 amide bonds. The molecule has 1 nitrogen and oxygen atoms in total. The Morgan fingerprint density at radius 1 is 1.20 bits per heavy atom. The molecule has 5 heavy (non-hydrogen) atoms. The van der Waals surface area contributed by atoms with Gasteiger partial charge in [-0.25, -0.2) is 5.73 Å². The highest BCUT2D eigenvalue weighted by atomic mass is 35.6. The molecule has 1 radical (unpaired) electrons. The highest BCUT2D eigenvalue weighted by Gasteiger charge is 2.09. The molecule has 0 spiro atoms.